The van der Waals surface area contributed by atoms with Crippen LogP contribution in [0.3, 0.4) is 0 Å². The molecule has 2 aromatic heterocycles. The molecule has 0 aliphatic heterocycles. The average Bonchev–Trinajstić information content (AvgIpc) is 3.19. The van der Waals surface area contributed by atoms with E-state index in [1.807, 2.05) is 66.2 Å². The predicted octanol–water partition coefficient (Wildman–Crippen LogP) is 4.58. The van der Waals surface area contributed by atoms with Crippen LogP contribution in [0.5, 0.6) is 5.75 Å². The summed E-state index contributed by atoms with van der Waals surface area (Å²) in [5, 5.41) is 8.90. The third-order valence-electron chi connectivity index (χ3n) is 4.24. The summed E-state index contributed by atoms with van der Waals surface area (Å²) in [6.45, 7) is 2.56. The lowest BCUT2D eigenvalue weighted by molar-refractivity contribution is -0.136. The fraction of sp³-hybridized carbons (Fsp3) is 0.143. The molecule has 5 nitrogen and oxygen atoms in total. The molecule has 27 heavy (non-hydrogen) atoms. The van der Waals surface area contributed by atoms with Crippen molar-refractivity contribution in [3.8, 4) is 17.0 Å². The predicted molar refractivity (Wildman–Crippen MR) is 105 cm³/mol. The summed E-state index contributed by atoms with van der Waals surface area (Å²) >= 11 is 1.40. The van der Waals surface area contributed by atoms with Crippen molar-refractivity contribution in [2.45, 2.75) is 20.0 Å². The van der Waals surface area contributed by atoms with Crippen LogP contribution in [-0.4, -0.2) is 20.5 Å². The van der Waals surface area contributed by atoms with Crippen molar-refractivity contribution in [2.75, 3.05) is 0 Å². The van der Waals surface area contributed by atoms with Crippen LogP contribution >= 0.6 is 11.3 Å². The molecule has 0 amide bonds. The van der Waals surface area contributed by atoms with Gasteiger partial charge in [0, 0.05) is 22.8 Å². The number of carboxylic acid groups (broad SMARTS) is 1. The minimum atomic E-state index is -0.832. The summed E-state index contributed by atoms with van der Waals surface area (Å²) < 4.78 is 7.81. The van der Waals surface area contributed by atoms with Gasteiger partial charge in [0.25, 0.3) is 0 Å². The van der Waals surface area contributed by atoms with Gasteiger partial charge < -0.3 is 9.84 Å². The second kappa shape index (κ2) is 7.25. The van der Waals surface area contributed by atoms with E-state index in [9.17, 15) is 4.79 Å². The number of carboxylic acids is 1. The molecule has 0 radical (unpaired) electrons. The van der Waals surface area contributed by atoms with Gasteiger partial charge in [0.05, 0.1) is 12.1 Å². The SMILES string of the molecule is Cc1cc(-c2cn3cc(CC(=O)O)sc3n2)ccc1OCc1ccccc1. The number of aliphatic carboxylic acids is 1. The largest absolute Gasteiger partial charge is 0.489 e. The zero-order chi connectivity index (χ0) is 18.8. The van der Waals surface area contributed by atoms with E-state index in [1.54, 1.807) is 0 Å². The number of imidazole rings is 1. The zero-order valence-electron chi connectivity index (χ0n) is 14.8. The lowest BCUT2D eigenvalue weighted by Crippen LogP contribution is -1.97. The highest BCUT2D eigenvalue weighted by Gasteiger charge is 2.11. The monoisotopic (exact) mass is 378 g/mol. The molecule has 1 N–H and O–H groups in total. The first-order valence-corrected chi connectivity index (χ1v) is 9.37. The maximum Gasteiger partial charge on any atom is 0.308 e. The van der Waals surface area contributed by atoms with Crippen LogP contribution in [0.4, 0.5) is 0 Å². The summed E-state index contributed by atoms with van der Waals surface area (Å²) in [5.74, 6) is 0.0220. The van der Waals surface area contributed by atoms with Crippen LogP contribution in [0.2, 0.25) is 0 Å². The first kappa shape index (κ1) is 17.3. The van der Waals surface area contributed by atoms with Crippen LogP contribution in [-0.2, 0) is 17.8 Å². The molecular weight excluding hydrogens is 360 g/mol. The number of hydrogen-bond donors (Lipinski definition) is 1. The van der Waals surface area contributed by atoms with E-state index in [2.05, 4.69) is 11.1 Å². The molecule has 0 saturated heterocycles. The topological polar surface area (TPSA) is 63.8 Å². The molecule has 4 rings (SSSR count). The molecule has 2 heterocycles. The van der Waals surface area contributed by atoms with Gasteiger partial charge in [-0.05, 0) is 36.2 Å². The van der Waals surface area contributed by atoms with Crippen LogP contribution in [0.15, 0.2) is 60.9 Å². The van der Waals surface area contributed by atoms with Gasteiger partial charge in [-0.25, -0.2) is 4.98 Å². The van der Waals surface area contributed by atoms with Crippen molar-refractivity contribution >= 4 is 22.3 Å². The van der Waals surface area contributed by atoms with E-state index in [4.69, 9.17) is 9.84 Å². The molecule has 4 aromatic rings. The molecule has 0 aliphatic rings. The number of benzene rings is 2. The minimum absolute atomic E-state index is 0.0237. The molecule has 0 spiro atoms. The molecular formula is C21H18N2O3S. The molecule has 0 unspecified atom stereocenters. The van der Waals surface area contributed by atoms with Gasteiger partial charge in [0.1, 0.15) is 12.4 Å². The number of carbonyl (C=O) groups is 1. The van der Waals surface area contributed by atoms with Crippen molar-refractivity contribution in [1.82, 2.24) is 9.38 Å². The summed E-state index contributed by atoms with van der Waals surface area (Å²) in [5.41, 5.74) is 4.05. The van der Waals surface area contributed by atoms with Crippen molar-refractivity contribution in [1.29, 1.82) is 0 Å². The second-order valence-corrected chi connectivity index (χ2v) is 7.43. The quantitative estimate of drug-likeness (QED) is 0.533. The Balaban J connectivity index is 1.52. The first-order valence-electron chi connectivity index (χ1n) is 8.55. The Kier molecular flexibility index (Phi) is 4.64. The maximum atomic E-state index is 10.8. The molecule has 0 fully saturated rings. The number of hydrogen-bond acceptors (Lipinski definition) is 4. The van der Waals surface area contributed by atoms with E-state index in [-0.39, 0.29) is 6.42 Å². The standard InChI is InChI=1S/C21H18N2O3S/c1-14-9-16(7-8-19(14)26-13-15-5-3-2-4-6-15)18-12-23-11-17(10-20(24)25)27-21(23)22-18/h2-9,11-12H,10,13H2,1H3,(H,24,25). The molecule has 136 valence electrons. The van der Waals surface area contributed by atoms with Gasteiger partial charge >= 0.3 is 5.97 Å². The van der Waals surface area contributed by atoms with Gasteiger partial charge in [0.15, 0.2) is 4.96 Å². The highest BCUT2D eigenvalue weighted by atomic mass is 32.1. The van der Waals surface area contributed by atoms with Gasteiger partial charge in [-0.3, -0.25) is 9.20 Å². The Bertz CT molecular complexity index is 1070. The van der Waals surface area contributed by atoms with Crippen molar-refractivity contribution in [2.24, 2.45) is 0 Å². The van der Waals surface area contributed by atoms with E-state index in [0.717, 1.165) is 38.0 Å². The lowest BCUT2D eigenvalue weighted by atomic mass is 10.1. The molecule has 0 aliphatic carbocycles. The Hall–Kier alpha value is -3.12. The number of aryl methyl sites for hydroxylation is 1. The third-order valence-corrected chi connectivity index (χ3v) is 5.23. The van der Waals surface area contributed by atoms with E-state index >= 15 is 0 Å². The molecule has 0 atom stereocenters. The van der Waals surface area contributed by atoms with Gasteiger partial charge in [-0.1, -0.05) is 30.3 Å². The molecule has 0 bridgehead atoms. The number of fused-ring (bicyclic) bond motifs is 1. The fourth-order valence-electron chi connectivity index (χ4n) is 2.92. The van der Waals surface area contributed by atoms with Crippen molar-refractivity contribution < 1.29 is 14.6 Å². The van der Waals surface area contributed by atoms with E-state index in [0.29, 0.717) is 6.61 Å². The van der Waals surface area contributed by atoms with Crippen LogP contribution in [0.1, 0.15) is 16.0 Å². The fourth-order valence-corrected chi connectivity index (χ4v) is 3.87. The van der Waals surface area contributed by atoms with Gasteiger partial charge in [-0.15, -0.1) is 11.3 Å². The van der Waals surface area contributed by atoms with Crippen LogP contribution in [0, 0.1) is 6.92 Å². The summed E-state index contributed by atoms with van der Waals surface area (Å²) in [6, 6.07) is 16.1. The Morgan fingerprint density at radius 2 is 2.00 bits per heavy atom. The summed E-state index contributed by atoms with van der Waals surface area (Å²) in [7, 11) is 0. The van der Waals surface area contributed by atoms with Crippen LogP contribution < -0.4 is 4.74 Å². The Morgan fingerprint density at radius 3 is 2.70 bits per heavy atom. The van der Waals surface area contributed by atoms with Gasteiger partial charge in [-0.2, -0.15) is 0 Å². The second-order valence-electron chi connectivity index (χ2n) is 6.34. The van der Waals surface area contributed by atoms with Crippen molar-refractivity contribution in [3.05, 3.63) is 76.9 Å². The molecule has 0 saturated carbocycles. The van der Waals surface area contributed by atoms with Crippen molar-refractivity contribution in [3.63, 3.8) is 0 Å². The van der Waals surface area contributed by atoms with E-state index in [1.165, 1.54) is 11.3 Å². The summed E-state index contributed by atoms with van der Waals surface area (Å²) in [4.78, 5) is 17.0. The number of aromatic nitrogens is 2. The lowest BCUT2D eigenvalue weighted by Gasteiger charge is -2.10. The number of nitrogens with zero attached hydrogens (tertiary/aromatic N) is 2. The molecule has 2 aromatic carbocycles. The number of rotatable bonds is 6. The van der Waals surface area contributed by atoms with Gasteiger partial charge in [0.2, 0.25) is 0 Å². The normalized spacial score (nSPS) is 11.0. The Labute approximate surface area is 160 Å². The maximum absolute atomic E-state index is 10.8. The number of thiazole rings is 1. The highest BCUT2D eigenvalue weighted by Crippen LogP contribution is 2.28. The Morgan fingerprint density at radius 1 is 1.19 bits per heavy atom. The first-order chi connectivity index (χ1) is 13.1. The number of ether oxygens (including phenoxy) is 1. The van der Waals surface area contributed by atoms with Crippen LogP contribution in [0.25, 0.3) is 16.2 Å². The summed E-state index contributed by atoms with van der Waals surface area (Å²) in [6.07, 6.45) is 3.78. The zero-order valence-corrected chi connectivity index (χ0v) is 15.6. The third kappa shape index (κ3) is 3.85. The average molecular weight is 378 g/mol. The molecule has 6 heteroatoms. The van der Waals surface area contributed by atoms with E-state index < -0.39 is 5.97 Å². The highest BCUT2D eigenvalue weighted by molar-refractivity contribution is 7.17. The smallest absolute Gasteiger partial charge is 0.308 e. The minimum Gasteiger partial charge on any atom is -0.489 e.